The van der Waals surface area contributed by atoms with Gasteiger partial charge in [0.2, 0.25) is 10.0 Å². The molecule has 2 N–H and O–H groups in total. The van der Waals surface area contributed by atoms with Crippen LogP contribution >= 0.6 is 12.4 Å². The van der Waals surface area contributed by atoms with Crippen LogP contribution in [0.15, 0.2) is 0 Å². The molecule has 0 aromatic heterocycles. The molecule has 1 rings (SSSR count). The third kappa shape index (κ3) is 9.62. The van der Waals surface area contributed by atoms with Gasteiger partial charge in [-0.15, -0.1) is 12.4 Å². The third-order valence-electron chi connectivity index (χ3n) is 3.29. The minimum Gasteiger partial charge on any atom is -0.383 e. The Kier molecular flexibility index (Phi) is 10.9. The monoisotopic (exact) mass is 314 g/mol. The molecule has 0 amide bonds. The maximum absolute atomic E-state index is 11.8. The first kappa shape index (κ1) is 19.1. The lowest BCUT2D eigenvalue weighted by Gasteiger charge is -2.21. The fourth-order valence-electron chi connectivity index (χ4n) is 2.32. The molecule has 0 unspecified atom stereocenters. The van der Waals surface area contributed by atoms with Crippen molar-refractivity contribution < 1.29 is 13.2 Å². The van der Waals surface area contributed by atoms with Crippen molar-refractivity contribution in [2.45, 2.75) is 32.1 Å². The van der Waals surface area contributed by atoms with Gasteiger partial charge in [0.1, 0.15) is 0 Å². The van der Waals surface area contributed by atoms with E-state index in [1.54, 1.807) is 7.11 Å². The minimum atomic E-state index is -3.10. The summed E-state index contributed by atoms with van der Waals surface area (Å²) in [5.74, 6) is 0.656. The van der Waals surface area contributed by atoms with Crippen molar-refractivity contribution in [3.63, 3.8) is 0 Å². The number of ether oxygens (including phenoxy) is 1. The Bertz CT molecular complexity index is 306. The average molecular weight is 315 g/mol. The lowest BCUT2D eigenvalue weighted by molar-refractivity contribution is 0.199. The van der Waals surface area contributed by atoms with Crippen molar-refractivity contribution in [1.82, 2.24) is 10.0 Å². The number of rotatable bonds is 9. The van der Waals surface area contributed by atoms with Crippen LogP contribution in [0, 0.1) is 5.92 Å². The predicted octanol–water partition coefficient (Wildman–Crippen LogP) is 1.14. The molecular formula is C12H27ClN2O3S. The van der Waals surface area contributed by atoms with Crippen molar-refractivity contribution in [3.8, 4) is 0 Å². The number of methoxy groups -OCH3 is 1. The SMILES string of the molecule is COCCNCCNS(=O)(=O)CC1CCCCC1.Cl. The summed E-state index contributed by atoms with van der Waals surface area (Å²) in [4.78, 5) is 0. The van der Waals surface area contributed by atoms with Crippen molar-refractivity contribution in [2.75, 3.05) is 39.1 Å². The van der Waals surface area contributed by atoms with Crippen LogP contribution in [0.25, 0.3) is 0 Å². The average Bonchev–Trinajstić information content (AvgIpc) is 2.34. The lowest BCUT2D eigenvalue weighted by atomic mass is 9.91. The fourth-order valence-corrected chi connectivity index (χ4v) is 3.80. The molecule has 19 heavy (non-hydrogen) atoms. The van der Waals surface area contributed by atoms with E-state index in [-0.39, 0.29) is 12.4 Å². The lowest BCUT2D eigenvalue weighted by Crippen LogP contribution is -2.36. The van der Waals surface area contributed by atoms with Gasteiger partial charge in [-0.3, -0.25) is 0 Å². The Labute approximate surface area is 123 Å². The summed E-state index contributed by atoms with van der Waals surface area (Å²) in [6.07, 6.45) is 5.74. The van der Waals surface area contributed by atoms with E-state index in [1.165, 1.54) is 19.3 Å². The normalized spacial score (nSPS) is 17.1. The van der Waals surface area contributed by atoms with Gasteiger partial charge in [0.25, 0.3) is 0 Å². The van der Waals surface area contributed by atoms with E-state index in [4.69, 9.17) is 4.74 Å². The summed E-state index contributed by atoms with van der Waals surface area (Å²) >= 11 is 0. The third-order valence-corrected chi connectivity index (χ3v) is 4.84. The molecule has 0 heterocycles. The zero-order valence-corrected chi connectivity index (χ0v) is 13.3. The highest BCUT2D eigenvalue weighted by molar-refractivity contribution is 7.89. The van der Waals surface area contributed by atoms with Gasteiger partial charge < -0.3 is 10.1 Å². The van der Waals surface area contributed by atoms with Gasteiger partial charge in [0, 0.05) is 26.7 Å². The Hall–Kier alpha value is 0.120. The molecule has 0 spiro atoms. The molecule has 0 atom stereocenters. The quantitative estimate of drug-likeness (QED) is 0.626. The smallest absolute Gasteiger partial charge is 0.211 e. The van der Waals surface area contributed by atoms with Gasteiger partial charge in [-0.25, -0.2) is 13.1 Å². The van der Waals surface area contributed by atoms with Crippen LogP contribution < -0.4 is 10.0 Å². The molecule has 0 radical (unpaired) electrons. The zero-order chi connectivity index (χ0) is 13.3. The molecule has 1 saturated carbocycles. The Balaban J connectivity index is 0.00000324. The zero-order valence-electron chi connectivity index (χ0n) is 11.7. The topological polar surface area (TPSA) is 67.4 Å². The number of sulfonamides is 1. The number of hydrogen-bond acceptors (Lipinski definition) is 4. The van der Waals surface area contributed by atoms with Crippen LogP contribution in [0.1, 0.15) is 32.1 Å². The van der Waals surface area contributed by atoms with Gasteiger partial charge >= 0.3 is 0 Å². The maximum atomic E-state index is 11.8. The summed E-state index contributed by atoms with van der Waals surface area (Å²) in [5.41, 5.74) is 0. The maximum Gasteiger partial charge on any atom is 0.211 e. The minimum absolute atomic E-state index is 0. The van der Waals surface area contributed by atoms with E-state index >= 15 is 0 Å². The van der Waals surface area contributed by atoms with Crippen molar-refractivity contribution in [3.05, 3.63) is 0 Å². The number of hydrogen-bond donors (Lipinski definition) is 2. The molecule has 7 heteroatoms. The van der Waals surface area contributed by atoms with Crippen LogP contribution in [-0.2, 0) is 14.8 Å². The van der Waals surface area contributed by atoms with E-state index in [0.717, 1.165) is 19.4 Å². The van der Waals surface area contributed by atoms with Crippen LogP contribution in [0.2, 0.25) is 0 Å². The Morgan fingerprint density at radius 3 is 2.42 bits per heavy atom. The molecule has 5 nitrogen and oxygen atoms in total. The number of halogens is 1. The summed E-state index contributed by atoms with van der Waals surface area (Å²) in [7, 11) is -1.45. The molecule has 0 bridgehead atoms. The highest BCUT2D eigenvalue weighted by Crippen LogP contribution is 2.24. The first-order valence-electron chi connectivity index (χ1n) is 6.81. The molecule has 1 aliphatic rings. The van der Waals surface area contributed by atoms with Crippen LogP contribution in [0.4, 0.5) is 0 Å². The first-order valence-corrected chi connectivity index (χ1v) is 8.46. The largest absolute Gasteiger partial charge is 0.383 e. The standard InChI is InChI=1S/C12H26N2O3S.ClH/c1-17-10-9-13-7-8-14-18(15,16)11-12-5-3-2-4-6-12;/h12-14H,2-11H2,1H3;1H. The highest BCUT2D eigenvalue weighted by atomic mass is 35.5. The van der Waals surface area contributed by atoms with E-state index in [1.807, 2.05) is 0 Å². The Morgan fingerprint density at radius 2 is 1.79 bits per heavy atom. The summed E-state index contributed by atoms with van der Waals surface area (Å²) in [6.45, 7) is 2.50. The van der Waals surface area contributed by atoms with Crippen molar-refractivity contribution >= 4 is 22.4 Å². The Morgan fingerprint density at radius 1 is 1.11 bits per heavy atom. The molecular weight excluding hydrogens is 288 g/mol. The highest BCUT2D eigenvalue weighted by Gasteiger charge is 2.20. The molecule has 0 saturated heterocycles. The molecule has 0 aliphatic heterocycles. The van der Waals surface area contributed by atoms with Gasteiger partial charge in [-0.05, 0) is 18.8 Å². The fraction of sp³-hybridized carbons (Fsp3) is 1.00. The van der Waals surface area contributed by atoms with E-state index in [0.29, 0.717) is 31.4 Å². The van der Waals surface area contributed by atoms with Gasteiger partial charge in [0.05, 0.1) is 12.4 Å². The summed E-state index contributed by atoms with van der Waals surface area (Å²) in [6, 6.07) is 0. The van der Waals surface area contributed by atoms with Crippen molar-refractivity contribution in [2.24, 2.45) is 5.92 Å². The van der Waals surface area contributed by atoms with Gasteiger partial charge in [-0.2, -0.15) is 0 Å². The second-order valence-electron chi connectivity index (χ2n) is 4.92. The predicted molar refractivity (Wildman–Crippen MR) is 80.4 cm³/mol. The van der Waals surface area contributed by atoms with Crippen LogP contribution in [-0.4, -0.2) is 47.5 Å². The number of nitrogens with one attached hydrogen (secondary N) is 2. The van der Waals surface area contributed by atoms with Gasteiger partial charge in [0.15, 0.2) is 0 Å². The first-order chi connectivity index (χ1) is 8.64. The van der Waals surface area contributed by atoms with Crippen molar-refractivity contribution in [1.29, 1.82) is 0 Å². The van der Waals surface area contributed by atoms with Crippen LogP contribution in [0.5, 0.6) is 0 Å². The van der Waals surface area contributed by atoms with Gasteiger partial charge in [-0.1, -0.05) is 19.3 Å². The summed E-state index contributed by atoms with van der Waals surface area (Å²) in [5, 5.41) is 3.11. The molecule has 1 fully saturated rings. The van der Waals surface area contributed by atoms with E-state index in [2.05, 4.69) is 10.0 Å². The second kappa shape index (κ2) is 10.9. The molecule has 0 aromatic rings. The molecule has 116 valence electrons. The molecule has 1 aliphatic carbocycles. The van der Waals surface area contributed by atoms with E-state index in [9.17, 15) is 8.42 Å². The second-order valence-corrected chi connectivity index (χ2v) is 6.77. The summed E-state index contributed by atoms with van der Waals surface area (Å²) < 4.78 is 31.2. The van der Waals surface area contributed by atoms with E-state index < -0.39 is 10.0 Å². The molecule has 0 aromatic carbocycles. The van der Waals surface area contributed by atoms with Crippen LogP contribution in [0.3, 0.4) is 0 Å².